The Morgan fingerprint density at radius 2 is 2.04 bits per heavy atom. The van der Waals surface area contributed by atoms with Gasteiger partial charge in [0.05, 0.1) is 16.7 Å². The monoisotopic (exact) mass is 366 g/mol. The summed E-state index contributed by atoms with van der Waals surface area (Å²) in [6, 6.07) is 9.33. The van der Waals surface area contributed by atoms with Gasteiger partial charge < -0.3 is 10.2 Å². The highest BCUT2D eigenvalue weighted by atomic mass is 32.1. The maximum absolute atomic E-state index is 13.1. The third-order valence-corrected chi connectivity index (χ3v) is 4.97. The second-order valence-electron chi connectivity index (χ2n) is 5.64. The molecule has 1 saturated heterocycles. The van der Waals surface area contributed by atoms with Crippen molar-refractivity contribution in [2.75, 3.05) is 18.4 Å². The zero-order chi connectivity index (χ0) is 18.0. The standard InChI is InChI=1S/C16H13F3N4OS/c17-16(18,19)12-8-23(9-20)7-11(12)14(24)22-15-21-6-13(25-15)10-4-2-1-3-5-10/h1-6,11-12H,7-8H2,(H,21,22,24)/t11-,12?/m1/s1. The Morgan fingerprint density at radius 3 is 2.68 bits per heavy atom. The molecule has 0 saturated carbocycles. The van der Waals surface area contributed by atoms with E-state index in [-0.39, 0.29) is 11.7 Å². The van der Waals surface area contributed by atoms with Gasteiger partial charge in [0.2, 0.25) is 5.91 Å². The summed E-state index contributed by atoms with van der Waals surface area (Å²) in [4.78, 5) is 18.1. The van der Waals surface area contributed by atoms with E-state index in [1.807, 2.05) is 30.3 Å². The van der Waals surface area contributed by atoms with E-state index >= 15 is 0 Å². The molecule has 1 fully saturated rings. The Labute approximate surface area is 145 Å². The highest BCUT2D eigenvalue weighted by Crippen LogP contribution is 2.38. The number of anilines is 1. The van der Waals surface area contributed by atoms with Crippen molar-refractivity contribution in [2.45, 2.75) is 6.18 Å². The molecule has 3 rings (SSSR count). The summed E-state index contributed by atoms with van der Waals surface area (Å²) in [5.41, 5.74) is 0.908. The highest BCUT2D eigenvalue weighted by Gasteiger charge is 2.52. The molecule has 1 aromatic heterocycles. The first kappa shape index (κ1) is 17.2. The number of carbonyl (C=O) groups excluding carboxylic acids is 1. The molecule has 1 unspecified atom stereocenters. The van der Waals surface area contributed by atoms with Gasteiger partial charge in [0.1, 0.15) is 0 Å². The van der Waals surface area contributed by atoms with Crippen molar-refractivity contribution in [2.24, 2.45) is 11.8 Å². The van der Waals surface area contributed by atoms with E-state index in [0.29, 0.717) is 0 Å². The Kier molecular flexibility index (Phi) is 4.63. The molecular formula is C16H13F3N4OS. The number of hydrogen-bond acceptors (Lipinski definition) is 5. The van der Waals surface area contributed by atoms with Crippen LogP contribution in [0.15, 0.2) is 36.5 Å². The lowest BCUT2D eigenvalue weighted by atomic mass is 9.95. The molecule has 2 aromatic rings. The minimum atomic E-state index is -4.54. The Bertz CT molecular complexity index is 800. The van der Waals surface area contributed by atoms with Crippen LogP contribution in [0.25, 0.3) is 10.4 Å². The van der Waals surface area contributed by atoms with Gasteiger partial charge in [-0.2, -0.15) is 18.4 Å². The van der Waals surface area contributed by atoms with Crippen LogP contribution in [0.2, 0.25) is 0 Å². The van der Waals surface area contributed by atoms with Crippen LogP contribution >= 0.6 is 11.3 Å². The van der Waals surface area contributed by atoms with E-state index in [9.17, 15) is 18.0 Å². The number of nitrogens with one attached hydrogen (secondary N) is 1. The lowest BCUT2D eigenvalue weighted by Gasteiger charge is -2.19. The molecule has 25 heavy (non-hydrogen) atoms. The van der Waals surface area contributed by atoms with Crippen molar-refractivity contribution >= 4 is 22.4 Å². The molecule has 1 aliphatic rings. The van der Waals surface area contributed by atoms with Gasteiger partial charge in [-0.05, 0) is 5.56 Å². The maximum atomic E-state index is 13.1. The number of halogens is 3. The number of thiazole rings is 1. The number of benzene rings is 1. The first-order valence-electron chi connectivity index (χ1n) is 7.42. The Hall–Kier alpha value is -2.60. The number of hydrogen-bond donors (Lipinski definition) is 1. The zero-order valence-corrected chi connectivity index (χ0v) is 13.6. The molecule has 1 aromatic carbocycles. The molecule has 130 valence electrons. The van der Waals surface area contributed by atoms with Gasteiger partial charge in [0, 0.05) is 19.3 Å². The molecule has 0 aliphatic carbocycles. The smallest absolute Gasteiger partial charge is 0.309 e. The quantitative estimate of drug-likeness (QED) is 0.846. The van der Waals surface area contributed by atoms with Gasteiger partial charge in [-0.25, -0.2) is 4.98 Å². The molecule has 5 nitrogen and oxygen atoms in total. The molecule has 0 bridgehead atoms. The fraction of sp³-hybridized carbons (Fsp3) is 0.312. The van der Waals surface area contributed by atoms with Gasteiger partial charge in [0.25, 0.3) is 0 Å². The normalized spacial score (nSPS) is 20.3. The van der Waals surface area contributed by atoms with Crippen LogP contribution in [0.4, 0.5) is 18.3 Å². The third kappa shape index (κ3) is 3.74. The van der Waals surface area contributed by atoms with E-state index in [1.54, 1.807) is 12.4 Å². The molecule has 0 radical (unpaired) electrons. The molecule has 2 atom stereocenters. The number of alkyl halides is 3. The van der Waals surface area contributed by atoms with E-state index in [4.69, 9.17) is 5.26 Å². The SMILES string of the molecule is N#CN1CC(C(F)(F)F)[C@H](C(=O)Nc2ncc(-c3ccccc3)s2)C1. The van der Waals surface area contributed by atoms with Gasteiger partial charge in [0.15, 0.2) is 11.3 Å². The summed E-state index contributed by atoms with van der Waals surface area (Å²) < 4.78 is 39.3. The number of rotatable bonds is 3. The number of amides is 1. The van der Waals surface area contributed by atoms with E-state index in [1.165, 1.54) is 11.3 Å². The summed E-state index contributed by atoms with van der Waals surface area (Å²) >= 11 is 1.19. The predicted molar refractivity (Wildman–Crippen MR) is 86.4 cm³/mol. The first-order valence-corrected chi connectivity index (χ1v) is 8.23. The number of nitriles is 1. The third-order valence-electron chi connectivity index (χ3n) is 4.01. The van der Waals surface area contributed by atoms with Gasteiger partial charge >= 0.3 is 6.18 Å². The van der Waals surface area contributed by atoms with Crippen molar-refractivity contribution in [1.29, 1.82) is 5.26 Å². The summed E-state index contributed by atoms with van der Waals surface area (Å²) in [7, 11) is 0. The minimum Gasteiger partial charge on any atom is -0.309 e. The largest absolute Gasteiger partial charge is 0.394 e. The van der Waals surface area contributed by atoms with Crippen LogP contribution in [0.3, 0.4) is 0 Å². The van der Waals surface area contributed by atoms with Crippen molar-refractivity contribution in [3.8, 4) is 16.6 Å². The lowest BCUT2D eigenvalue weighted by Crippen LogP contribution is -2.36. The van der Waals surface area contributed by atoms with Crippen LogP contribution in [-0.4, -0.2) is 35.1 Å². The number of likely N-dealkylation sites (tertiary alicyclic amines) is 1. The van der Waals surface area contributed by atoms with Gasteiger partial charge in [-0.1, -0.05) is 41.7 Å². The van der Waals surface area contributed by atoms with Crippen molar-refractivity contribution in [3.63, 3.8) is 0 Å². The minimum absolute atomic E-state index is 0.236. The van der Waals surface area contributed by atoms with Crippen molar-refractivity contribution < 1.29 is 18.0 Å². The molecule has 0 spiro atoms. The van der Waals surface area contributed by atoms with Crippen LogP contribution < -0.4 is 5.32 Å². The maximum Gasteiger partial charge on any atom is 0.394 e. The van der Waals surface area contributed by atoms with Crippen LogP contribution in [0, 0.1) is 23.3 Å². The van der Waals surface area contributed by atoms with E-state index < -0.39 is 30.5 Å². The number of carbonyl (C=O) groups is 1. The number of nitrogens with zero attached hydrogens (tertiary/aromatic N) is 3. The molecule has 1 aliphatic heterocycles. The fourth-order valence-electron chi connectivity index (χ4n) is 2.75. The Balaban J connectivity index is 1.74. The lowest BCUT2D eigenvalue weighted by molar-refractivity contribution is -0.181. The fourth-order valence-corrected chi connectivity index (χ4v) is 3.57. The van der Waals surface area contributed by atoms with E-state index in [0.717, 1.165) is 15.3 Å². The average molecular weight is 366 g/mol. The topological polar surface area (TPSA) is 69.0 Å². The van der Waals surface area contributed by atoms with Gasteiger partial charge in [-0.15, -0.1) is 0 Å². The van der Waals surface area contributed by atoms with Gasteiger partial charge in [-0.3, -0.25) is 4.79 Å². The molecule has 2 heterocycles. The molecule has 1 N–H and O–H groups in total. The van der Waals surface area contributed by atoms with Crippen LogP contribution in [0.1, 0.15) is 0 Å². The summed E-state index contributed by atoms with van der Waals surface area (Å²) in [5, 5.41) is 11.5. The second kappa shape index (κ2) is 6.72. The van der Waals surface area contributed by atoms with Crippen LogP contribution in [-0.2, 0) is 4.79 Å². The summed E-state index contributed by atoms with van der Waals surface area (Å²) in [5.74, 6) is -3.96. The summed E-state index contributed by atoms with van der Waals surface area (Å²) in [6.45, 7) is -0.741. The molecule has 1 amide bonds. The zero-order valence-electron chi connectivity index (χ0n) is 12.8. The summed E-state index contributed by atoms with van der Waals surface area (Å²) in [6.07, 6.45) is -1.29. The predicted octanol–water partition coefficient (Wildman–Crippen LogP) is 3.34. The number of aromatic nitrogens is 1. The van der Waals surface area contributed by atoms with Crippen molar-refractivity contribution in [1.82, 2.24) is 9.88 Å². The Morgan fingerprint density at radius 1 is 1.32 bits per heavy atom. The van der Waals surface area contributed by atoms with E-state index in [2.05, 4.69) is 10.3 Å². The average Bonchev–Trinajstić information content (AvgIpc) is 3.22. The second-order valence-corrected chi connectivity index (χ2v) is 6.68. The highest BCUT2D eigenvalue weighted by molar-refractivity contribution is 7.19. The molecular weight excluding hydrogens is 353 g/mol. The van der Waals surface area contributed by atoms with Crippen molar-refractivity contribution in [3.05, 3.63) is 36.5 Å². The van der Waals surface area contributed by atoms with Crippen LogP contribution in [0.5, 0.6) is 0 Å². The first-order chi connectivity index (χ1) is 11.9. The molecule has 9 heteroatoms.